The van der Waals surface area contributed by atoms with E-state index in [2.05, 4.69) is 27.4 Å². The van der Waals surface area contributed by atoms with Crippen molar-refractivity contribution in [3.63, 3.8) is 0 Å². The molecule has 3 rings (SSSR count). The summed E-state index contributed by atoms with van der Waals surface area (Å²) in [6.07, 6.45) is 4.06. The topological polar surface area (TPSA) is 74.3 Å². The number of fused-ring (bicyclic) bond motifs is 1. The first kappa shape index (κ1) is 16.4. The zero-order chi connectivity index (χ0) is 16.2. The van der Waals surface area contributed by atoms with Crippen LogP contribution < -0.4 is 10.6 Å². The van der Waals surface area contributed by atoms with Crippen LogP contribution in [0.3, 0.4) is 0 Å². The standard InChI is InChI=1S/C16H24N4O2S/c1-2-20-9-7-12-13(10-20)23-16(18-12)19-14(21)4-3-8-17-15(22)11-5-6-11/h11H,2-10H2,1H3,(H,17,22)(H,18,19,21). The van der Waals surface area contributed by atoms with Crippen LogP contribution in [0.15, 0.2) is 0 Å². The monoisotopic (exact) mass is 336 g/mol. The Morgan fingerprint density at radius 2 is 2.22 bits per heavy atom. The van der Waals surface area contributed by atoms with E-state index in [-0.39, 0.29) is 17.7 Å². The number of aromatic nitrogens is 1. The normalized spacial score (nSPS) is 17.6. The fourth-order valence-corrected chi connectivity index (χ4v) is 3.77. The van der Waals surface area contributed by atoms with Gasteiger partial charge in [0.15, 0.2) is 5.13 Å². The number of amides is 2. The molecule has 1 aliphatic heterocycles. The summed E-state index contributed by atoms with van der Waals surface area (Å²) in [6.45, 7) is 5.76. The predicted molar refractivity (Wildman–Crippen MR) is 90.4 cm³/mol. The molecule has 0 atom stereocenters. The summed E-state index contributed by atoms with van der Waals surface area (Å²) in [5.74, 6) is 0.343. The molecule has 126 valence electrons. The molecule has 0 saturated heterocycles. The van der Waals surface area contributed by atoms with Crippen LogP contribution >= 0.6 is 11.3 Å². The van der Waals surface area contributed by atoms with Crippen LogP contribution in [-0.4, -0.2) is 41.3 Å². The Kier molecular flexibility index (Phi) is 5.27. The van der Waals surface area contributed by atoms with Gasteiger partial charge in [-0.25, -0.2) is 4.98 Å². The van der Waals surface area contributed by atoms with Gasteiger partial charge in [-0.3, -0.25) is 14.5 Å². The molecule has 0 radical (unpaired) electrons. The number of anilines is 1. The van der Waals surface area contributed by atoms with Crippen molar-refractivity contribution < 1.29 is 9.59 Å². The minimum Gasteiger partial charge on any atom is -0.356 e. The van der Waals surface area contributed by atoms with E-state index in [1.165, 1.54) is 4.88 Å². The van der Waals surface area contributed by atoms with Crippen molar-refractivity contribution >= 4 is 28.3 Å². The number of nitrogens with one attached hydrogen (secondary N) is 2. The van der Waals surface area contributed by atoms with E-state index in [1.807, 2.05) is 0 Å². The Balaban J connectivity index is 1.39. The fourth-order valence-electron chi connectivity index (χ4n) is 2.70. The zero-order valence-corrected chi connectivity index (χ0v) is 14.4. The number of rotatable bonds is 7. The summed E-state index contributed by atoms with van der Waals surface area (Å²) in [7, 11) is 0. The van der Waals surface area contributed by atoms with Gasteiger partial charge in [0.2, 0.25) is 11.8 Å². The molecule has 2 amide bonds. The predicted octanol–water partition coefficient (Wildman–Crippen LogP) is 1.77. The van der Waals surface area contributed by atoms with Crippen LogP contribution in [0.4, 0.5) is 5.13 Å². The van der Waals surface area contributed by atoms with Crippen molar-refractivity contribution in [1.82, 2.24) is 15.2 Å². The van der Waals surface area contributed by atoms with E-state index in [9.17, 15) is 9.59 Å². The Morgan fingerprint density at radius 1 is 1.39 bits per heavy atom. The Hall–Kier alpha value is -1.47. The van der Waals surface area contributed by atoms with E-state index >= 15 is 0 Å². The number of thiazole rings is 1. The summed E-state index contributed by atoms with van der Waals surface area (Å²) in [6, 6.07) is 0. The molecule has 0 spiro atoms. The van der Waals surface area contributed by atoms with Crippen LogP contribution in [0.1, 0.15) is 43.2 Å². The van der Waals surface area contributed by atoms with E-state index in [0.717, 1.165) is 44.6 Å². The van der Waals surface area contributed by atoms with Crippen LogP contribution in [0.2, 0.25) is 0 Å². The molecular weight excluding hydrogens is 312 g/mol. The van der Waals surface area contributed by atoms with Crippen LogP contribution in [-0.2, 0) is 22.6 Å². The molecule has 0 unspecified atom stereocenters. The van der Waals surface area contributed by atoms with Crippen LogP contribution in [0, 0.1) is 5.92 Å². The second-order valence-corrected chi connectivity index (χ2v) is 7.31. The number of carbonyl (C=O) groups excluding carboxylic acids is 2. The molecule has 2 N–H and O–H groups in total. The van der Waals surface area contributed by atoms with Crippen LogP contribution in [0.25, 0.3) is 0 Å². The highest BCUT2D eigenvalue weighted by Crippen LogP contribution is 2.29. The van der Waals surface area contributed by atoms with Gasteiger partial charge in [0.1, 0.15) is 0 Å². The van der Waals surface area contributed by atoms with Crippen molar-refractivity contribution in [2.75, 3.05) is 25.0 Å². The third kappa shape index (κ3) is 4.51. The molecular formula is C16H24N4O2S. The molecule has 0 bridgehead atoms. The van der Waals surface area contributed by atoms with E-state index in [1.54, 1.807) is 11.3 Å². The molecule has 1 aliphatic carbocycles. The van der Waals surface area contributed by atoms with Crippen molar-refractivity contribution in [3.8, 4) is 0 Å². The average Bonchev–Trinajstić information content (AvgIpc) is 3.31. The highest BCUT2D eigenvalue weighted by atomic mass is 32.1. The van der Waals surface area contributed by atoms with Gasteiger partial charge in [0.05, 0.1) is 5.69 Å². The number of carbonyl (C=O) groups is 2. The Labute approximate surface area is 140 Å². The van der Waals surface area contributed by atoms with Gasteiger partial charge in [-0.15, -0.1) is 11.3 Å². The number of likely N-dealkylation sites (N-methyl/N-ethyl adjacent to an activating group) is 1. The lowest BCUT2D eigenvalue weighted by Gasteiger charge is -2.23. The third-order valence-electron chi connectivity index (χ3n) is 4.33. The molecule has 7 heteroatoms. The first-order valence-corrected chi connectivity index (χ1v) is 9.26. The molecule has 1 aromatic heterocycles. The van der Waals surface area contributed by atoms with Gasteiger partial charge in [-0.05, 0) is 25.8 Å². The summed E-state index contributed by atoms with van der Waals surface area (Å²) >= 11 is 1.58. The number of hydrogen-bond donors (Lipinski definition) is 2. The third-order valence-corrected chi connectivity index (χ3v) is 5.33. The first-order valence-electron chi connectivity index (χ1n) is 8.44. The average molecular weight is 336 g/mol. The maximum absolute atomic E-state index is 12.0. The van der Waals surface area contributed by atoms with Gasteiger partial charge in [0.25, 0.3) is 0 Å². The smallest absolute Gasteiger partial charge is 0.226 e. The number of hydrogen-bond acceptors (Lipinski definition) is 5. The van der Waals surface area contributed by atoms with Crippen molar-refractivity contribution in [2.45, 2.75) is 45.6 Å². The first-order chi connectivity index (χ1) is 11.2. The molecule has 1 aromatic rings. The molecule has 23 heavy (non-hydrogen) atoms. The van der Waals surface area contributed by atoms with Gasteiger partial charge in [0, 0.05) is 43.3 Å². The van der Waals surface area contributed by atoms with Crippen molar-refractivity contribution in [1.29, 1.82) is 0 Å². The molecule has 1 fully saturated rings. The zero-order valence-electron chi connectivity index (χ0n) is 13.6. The summed E-state index contributed by atoms with van der Waals surface area (Å²) in [5, 5.41) is 6.48. The molecule has 2 aliphatic rings. The van der Waals surface area contributed by atoms with Crippen LogP contribution in [0.5, 0.6) is 0 Å². The summed E-state index contributed by atoms with van der Waals surface area (Å²) in [5.41, 5.74) is 1.13. The highest BCUT2D eigenvalue weighted by Gasteiger charge is 2.29. The van der Waals surface area contributed by atoms with Gasteiger partial charge in [-0.2, -0.15) is 0 Å². The summed E-state index contributed by atoms with van der Waals surface area (Å²) < 4.78 is 0. The maximum atomic E-state index is 12.0. The minimum absolute atomic E-state index is 0.0240. The lowest BCUT2D eigenvalue weighted by atomic mass is 10.2. The minimum atomic E-state index is -0.0240. The maximum Gasteiger partial charge on any atom is 0.226 e. The van der Waals surface area contributed by atoms with E-state index in [4.69, 9.17) is 0 Å². The Bertz CT molecular complexity index is 583. The van der Waals surface area contributed by atoms with Crippen molar-refractivity contribution in [2.24, 2.45) is 5.92 Å². The largest absolute Gasteiger partial charge is 0.356 e. The lowest BCUT2D eigenvalue weighted by molar-refractivity contribution is -0.122. The fraction of sp³-hybridized carbons (Fsp3) is 0.688. The molecule has 0 aromatic carbocycles. The molecule has 1 saturated carbocycles. The van der Waals surface area contributed by atoms with Gasteiger partial charge in [-0.1, -0.05) is 6.92 Å². The number of nitrogens with zero attached hydrogens (tertiary/aromatic N) is 2. The summed E-state index contributed by atoms with van der Waals surface area (Å²) in [4.78, 5) is 31.6. The van der Waals surface area contributed by atoms with E-state index in [0.29, 0.717) is 24.5 Å². The molecule has 2 heterocycles. The van der Waals surface area contributed by atoms with Gasteiger partial charge < -0.3 is 10.6 Å². The quantitative estimate of drug-likeness (QED) is 0.744. The SMILES string of the molecule is CCN1CCc2nc(NC(=O)CCCNC(=O)C3CC3)sc2C1. The lowest BCUT2D eigenvalue weighted by Crippen LogP contribution is -2.29. The second-order valence-electron chi connectivity index (χ2n) is 6.22. The molecule has 6 nitrogen and oxygen atoms in total. The van der Waals surface area contributed by atoms with Crippen molar-refractivity contribution in [3.05, 3.63) is 10.6 Å². The van der Waals surface area contributed by atoms with E-state index < -0.39 is 0 Å². The second kappa shape index (κ2) is 7.40. The highest BCUT2D eigenvalue weighted by molar-refractivity contribution is 7.15. The van der Waals surface area contributed by atoms with Gasteiger partial charge >= 0.3 is 0 Å². The Morgan fingerprint density at radius 3 is 2.96 bits per heavy atom.